The van der Waals surface area contributed by atoms with Gasteiger partial charge < -0.3 is 9.47 Å². The lowest BCUT2D eigenvalue weighted by atomic mass is 9.83. The van der Waals surface area contributed by atoms with Gasteiger partial charge in [0.2, 0.25) is 0 Å². The maximum absolute atomic E-state index is 6.21. The quantitative estimate of drug-likeness (QED) is 0.684. The third-order valence-corrected chi connectivity index (χ3v) is 4.42. The largest absolute Gasteiger partial charge is 0.380 e. The van der Waals surface area contributed by atoms with E-state index in [4.69, 9.17) is 9.47 Å². The van der Waals surface area contributed by atoms with Gasteiger partial charge in [0.25, 0.3) is 0 Å². The lowest BCUT2D eigenvalue weighted by molar-refractivity contribution is -0.226. The van der Waals surface area contributed by atoms with Gasteiger partial charge in [0.05, 0.1) is 25.2 Å². The van der Waals surface area contributed by atoms with E-state index >= 15 is 0 Å². The topological polar surface area (TPSA) is 30.5 Å². The first-order chi connectivity index (χ1) is 7.83. The lowest BCUT2D eigenvalue weighted by Gasteiger charge is -2.51. The molecule has 2 spiro atoms. The minimum atomic E-state index is 0.0151. The van der Waals surface area contributed by atoms with E-state index in [2.05, 4.69) is 5.32 Å². The predicted octanol–water partition coefficient (Wildman–Crippen LogP) is 2.06. The van der Waals surface area contributed by atoms with Crippen molar-refractivity contribution in [2.24, 2.45) is 5.41 Å². The molecule has 3 heteroatoms. The second kappa shape index (κ2) is 4.28. The second-order valence-electron chi connectivity index (χ2n) is 5.90. The van der Waals surface area contributed by atoms with E-state index in [1.165, 1.54) is 44.9 Å². The van der Waals surface area contributed by atoms with Gasteiger partial charge in [0.15, 0.2) is 0 Å². The van der Waals surface area contributed by atoms with E-state index in [9.17, 15) is 0 Å². The van der Waals surface area contributed by atoms with E-state index in [1.54, 1.807) is 0 Å². The SMILES string of the molecule is C1CCCC2(CCC1)NCC1(COC1)CO2. The normalized spacial score (nSPS) is 33.0. The van der Waals surface area contributed by atoms with Crippen molar-refractivity contribution in [3.8, 4) is 0 Å². The fourth-order valence-corrected chi connectivity index (χ4v) is 3.12. The lowest BCUT2D eigenvalue weighted by Crippen LogP contribution is -2.64. The molecule has 1 N–H and O–H groups in total. The standard InChI is InChI=1S/C13H23NO2/c1-2-4-6-13(7-5-3-1)14-8-12(11-16-13)9-15-10-12/h14H,1-11H2. The number of rotatable bonds is 0. The third kappa shape index (κ3) is 2.01. The number of hydrogen-bond donors (Lipinski definition) is 1. The van der Waals surface area contributed by atoms with Crippen LogP contribution in [0.4, 0.5) is 0 Å². The van der Waals surface area contributed by atoms with E-state index in [0.29, 0.717) is 5.41 Å². The van der Waals surface area contributed by atoms with Gasteiger partial charge >= 0.3 is 0 Å². The Labute approximate surface area is 97.9 Å². The molecule has 0 unspecified atom stereocenters. The van der Waals surface area contributed by atoms with Gasteiger partial charge in [-0.1, -0.05) is 19.3 Å². The molecular formula is C13H23NO2. The summed E-state index contributed by atoms with van der Waals surface area (Å²) in [4.78, 5) is 0. The molecule has 0 aromatic carbocycles. The van der Waals surface area contributed by atoms with E-state index in [0.717, 1.165) is 26.4 Å². The van der Waals surface area contributed by atoms with Gasteiger partial charge in [-0.3, -0.25) is 5.32 Å². The van der Waals surface area contributed by atoms with E-state index in [-0.39, 0.29) is 5.72 Å². The Morgan fingerprint density at radius 2 is 1.50 bits per heavy atom. The highest BCUT2D eigenvalue weighted by atomic mass is 16.5. The van der Waals surface area contributed by atoms with Crippen LogP contribution >= 0.6 is 0 Å². The smallest absolute Gasteiger partial charge is 0.119 e. The maximum atomic E-state index is 6.21. The Hall–Kier alpha value is -0.120. The van der Waals surface area contributed by atoms with Crippen LogP contribution in [0.3, 0.4) is 0 Å². The molecule has 1 saturated carbocycles. The van der Waals surface area contributed by atoms with Crippen molar-refractivity contribution >= 4 is 0 Å². The van der Waals surface area contributed by atoms with Crippen LogP contribution in [0.2, 0.25) is 0 Å². The van der Waals surface area contributed by atoms with E-state index in [1.807, 2.05) is 0 Å². The predicted molar refractivity (Wildman–Crippen MR) is 62.3 cm³/mol. The van der Waals surface area contributed by atoms with Crippen LogP contribution in [-0.2, 0) is 9.47 Å². The summed E-state index contributed by atoms with van der Waals surface area (Å²) in [5, 5.41) is 3.69. The zero-order valence-electron chi connectivity index (χ0n) is 10.1. The van der Waals surface area contributed by atoms with E-state index < -0.39 is 0 Å². The number of nitrogens with one attached hydrogen (secondary N) is 1. The van der Waals surface area contributed by atoms with Crippen LogP contribution in [0.15, 0.2) is 0 Å². The van der Waals surface area contributed by atoms with Crippen LogP contribution in [0.1, 0.15) is 44.9 Å². The molecular weight excluding hydrogens is 202 g/mol. The molecule has 16 heavy (non-hydrogen) atoms. The average Bonchev–Trinajstić information content (AvgIpc) is 2.23. The van der Waals surface area contributed by atoms with Crippen molar-refractivity contribution in [1.82, 2.24) is 5.32 Å². The van der Waals surface area contributed by atoms with Crippen LogP contribution in [0, 0.1) is 5.41 Å². The first kappa shape index (κ1) is 11.0. The van der Waals surface area contributed by atoms with Gasteiger partial charge in [-0.25, -0.2) is 0 Å². The van der Waals surface area contributed by atoms with Crippen molar-refractivity contribution in [2.75, 3.05) is 26.4 Å². The highest BCUT2D eigenvalue weighted by Crippen LogP contribution is 2.37. The van der Waals surface area contributed by atoms with Crippen LogP contribution in [0.25, 0.3) is 0 Å². The minimum absolute atomic E-state index is 0.0151. The molecule has 3 rings (SSSR count). The summed E-state index contributed by atoms with van der Waals surface area (Å²) in [5.41, 5.74) is 0.328. The van der Waals surface area contributed by atoms with Crippen molar-refractivity contribution < 1.29 is 9.47 Å². The zero-order valence-corrected chi connectivity index (χ0v) is 10.1. The Bertz CT molecular complexity index is 230. The van der Waals surface area contributed by atoms with Crippen molar-refractivity contribution in [1.29, 1.82) is 0 Å². The fraction of sp³-hybridized carbons (Fsp3) is 1.00. The van der Waals surface area contributed by atoms with Gasteiger partial charge in [-0.15, -0.1) is 0 Å². The fourth-order valence-electron chi connectivity index (χ4n) is 3.12. The molecule has 3 nitrogen and oxygen atoms in total. The molecule has 0 radical (unpaired) electrons. The highest BCUT2D eigenvalue weighted by molar-refractivity contribution is 4.95. The van der Waals surface area contributed by atoms with Crippen LogP contribution in [0.5, 0.6) is 0 Å². The Morgan fingerprint density at radius 1 is 0.812 bits per heavy atom. The molecule has 0 bridgehead atoms. The highest BCUT2D eigenvalue weighted by Gasteiger charge is 2.47. The van der Waals surface area contributed by atoms with Gasteiger partial charge in [-0.2, -0.15) is 0 Å². The monoisotopic (exact) mass is 225 g/mol. The number of hydrogen-bond acceptors (Lipinski definition) is 3. The van der Waals surface area contributed by atoms with Crippen molar-refractivity contribution in [3.05, 3.63) is 0 Å². The zero-order chi connectivity index (χ0) is 10.9. The van der Waals surface area contributed by atoms with Crippen LogP contribution < -0.4 is 5.32 Å². The molecule has 1 aliphatic carbocycles. The van der Waals surface area contributed by atoms with Crippen molar-refractivity contribution in [2.45, 2.75) is 50.7 Å². The molecule has 0 aromatic heterocycles. The summed E-state index contributed by atoms with van der Waals surface area (Å²) in [6.07, 6.45) is 9.19. The number of ether oxygens (including phenoxy) is 2. The molecule has 0 aromatic rings. The average molecular weight is 225 g/mol. The summed E-state index contributed by atoms with van der Waals surface area (Å²) in [6, 6.07) is 0. The first-order valence-corrected chi connectivity index (χ1v) is 6.80. The molecule has 0 atom stereocenters. The molecule has 2 aliphatic heterocycles. The Kier molecular flexibility index (Phi) is 2.94. The van der Waals surface area contributed by atoms with Gasteiger partial charge in [0, 0.05) is 6.54 Å². The maximum Gasteiger partial charge on any atom is 0.119 e. The summed E-state index contributed by atoms with van der Waals surface area (Å²) in [6.45, 7) is 3.76. The van der Waals surface area contributed by atoms with Gasteiger partial charge in [0.1, 0.15) is 5.72 Å². The van der Waals surface area contributed by atoms with Gasteiger partial charge in [-0.05, 0) is 25.7 Å². The molecule has 2 heterocycles. The molecule has 0 amide bonds. The molecule has 3 aliphatic rings. The summed E-state index contributed by atoms with van der Waals surface area (Å²) in [7, 11) is 0. The summed E-state index contributed by atoms with van der Waals surface area (Å²) >= 11 is 0. The Morgan fingerprint density at radius 3 is 2.00 bits per heavy atom. The summed E-state index contributed by atoms with van der Waals surface area (Å²) < 4.78 is 11.5. The van der Waals surface area contributed by atoms with Crippen molar-refractivity contribution in [3.63, 3.8) is 0 Å². The molecule has 2 saturated heterocycles. The van der Waals surface area contributed by atoms with Crippen LogP contribution in [-0.4, -0.2) is 32.1 Å². The minimum Gasteiger partial charge on any atom is -0.380 e. The molecule has 3 fully saturated rings. The Balaban J connectivity index is 1.60. The molecule has 92 valence electrons. The third-order valence-electron chi connectivity index (χ3n) is 4.42. The summed E-state index contributed by atoms with van der Waals surface area (Å²) in [5.74, 6) is 0. The second-order valence-corrected chi connectivity index (χ2v) is 5.90. The first-order valence-electron chi connectivity index (χ1n) is 6.80.